The second-order valence-electron chi connectivity index (χ2n) is 4.82. The lowest BCUT2D eigenvalue weighted by Gasteiger charge is -2.16. The van der Waals surface area contributed by atoms with E-state index in [0.29, 0.717) is 0 Å². The van der Waals surface area contributed by atoms with Crippen LogP contribution in [0, 0.1) is 5.92 Å². The predicted octanol–water partition coefficient (Wildman–Crippen LogP) is 2.57. The van der Waals surface area contributed by atoms with Crippen molar-refractivity contribution in [1.82, 2.24) is 10.2 Å². The highest BCUT2D eigenvalue weighted by Crippen LogP contribution is 2.15. The summed E-state index contributed by atoms with van der Waals surface area (Å²) in [6.45, 7) is 4.82. The van der Waals surface area contributed by atoms with Gasteiger partial charge in [-0.1, -0.05) is 6.07 Å². The van der Waals surface area contributed by atoms with E-state index in [1.165, 1.54) is 43.8 Å². The number of thiophene rings is 1. The molecule has 1 saturated heterocycles. The van der Waals surface area contributed by atoms with Gasteiger partial charge in [0.1, 0.15) is 0 Å². The van der Waals surface area contributed by atoms with Gasteiger partial charge in [0, 0.05) is 11.4 Å². The van der Waals surface area contributed by atoms with Crippen LogP contribution in [0.3, 0.4) is 0 Å². The van der Waals surface area contributed by atoms with Gasteiger partial charge in [0.25, 0.3) is 0 Å². The van der Waals surface area contributed by atoms with Crippen molar-refractivity contribution in [1.29, 1.82) is 0 Å². The third-order valence-electron chi connectivity index (χ3n) is 3.32. The zero-order valence-electron chi connectivity index (χ0n) is 10.1. The quantitative estimate of drug-likeness (QED) is 0.819. The zero-order valence-corrected chi connectivity index (χ0v) is 10.9. The minimum atomic E-state index is 0.940. The van der Waals surface area contributed by atoms with Gasteiger partial charge in [0.05, 0.1) is 0 Å². The summed E-state index contributed by atoms with van der Waals surface area (Å²) in [7, 11) is 2.23. The first-order valence-electron chi connectivity index (χ1n) is 6.26. The first kappa shape index (κ1) is 12.1. The van der Waals surface area contributed by atoms with Crippen LogP contribution in [-0.2, 0) is 6.54 Å². The maximum Gasteiger partial charge on any atom is 0.0324 e. The van der Waals surface area contributed by atoms with Crippen LogP contribution in [0.15, 0.2) is 17.5 Å². The Balaban J connectivity index is 1.58. The smallest absolute Gasteiger partial charge is 0.0324 e. The molecule has 1 aromatic rings. The van der Waals surface area contributed by atoms with Crippen LogP contribution in [0.1, 0.15) is 24.1 Å². The molecule has 1 N–H and O–H groups in total. The number of rotatable bonds is 6. The van der Waals surface area contributed by atoms with Gasteiger partial charge in [-0.3, -0.25) is 0 Å². The molecule has 0 saturated carbocycles. The molecule has 1 unspecified atom stereocenters. The van der Waals surface area contributed by atoms with E-state index in [1.807, 2.05) is 11.3 Å². The zero-order chi connectivity index (χ0) is 11.2. The summed E-state index contributed by atoms with van der Waals surface area (Å²) in [6, 6.07) is 4.36. The monoisotopic (exact) mass is 238 g/mol. The van der Waals surface area contributed by atoms with E-state index in [2.05, 4.69) is 34.8 Å². The Morgan fingerprint density at radius 1 is 1.56 bits per heavy atom. The Bertz CT molecular complexity index is 278. The van der Waals surface area contributed by atoms with Gasteiger partial charge in [-0.05, 0) is 63.3 Å². The van der Waals surface area contributed by atoms with Gasteiger partial charge >= 0.3 is 0 Å². The molecule has 16 heavy (non-hydrogen) atoms. The maximum atomic E-state index is 3.43. The maximum absolute atomic E-state index is 3.43. The molecule has 3 heteroatoms. The van der Waals surface area contributed by atoms with Crippen LogP contribution in [0.25, 0.3) is 0 Å². The fraction of sp³-hybridized carbons (Fsp3) is 0.692. The van der Waals surface area contributed by atoms with Crippen molar-refractivity contribution in [3.63, 3.8) is 0 Å². The largest absolute Gasteiger partial charge is 0.316 e. The molecule has 1 aliphatic rings. The highest BCUT2D eigenvalue weighted by Gasteiger charge is 2.13. The molecular weight excluding hydrogens is 216 g/mol. The van der Waals surface area contributed by atoms with Crippen molar-refractivity contribution in [2.45, 2.75) is 25.8 Å². The normalized spacial score (nSPS) is 20.8. The average Bonchev–Trinajstić information content (AvgIpc) is 2.90. The lowest BCUT2D eigenvalue weighted by molar-refractivity contribution is 0.310. The molecule has 1 fully saturated rings. The van der Waals surface area contributed by atoms with E-state index in [-0.39, 0.29) is 0 Å². The van der Waals surface area contributed by atoms with Crippen LogP contribution in [0.5, 0.6) is 0 Å². The third-order valence-corrected chi connectivity index (χ3v) is 4.18. The fourth-order valence-corrected chi connectivity index (χ4v) is 3.14. The number of hydrogen-bond donors (Lipinski definition) is 1. The van der Waals surface area contributed by atoms with Gasteiger partial charge in [0.15, 0.2) is 0 Å². The molecule has 1 aliphatic heterocycles. The van der Waals surface area contributed by atoms with Crippen molar-refractivity contribution in [2.75, 3.05) is 26.7 Å². The number of hydrogen-bond acceptors (Lipinski definition) is 3. The van der Waals surface area contributed by atoms with Crippen molar-refractivity contribution in [3.8, 4) is 0 Å². The SMILES string of the molecule is CN(CCCC1CCNC1)Cc1cccs1. The lowest BCUT2D eigenvalue weighted by Crippen LogP contribution is -2.19. The Morgan fingerprint density at radius 2 is 2.50 bits per heavy atom. The van der Waals surface area contributed by atoms with E-state index in [9.17, 15) is 0 Å². The van der Waals surface area contributed by atoms with Gasteiger partial charge < -0.3 is 10.2 Å². The molecule has 0 bridgehead atoms. The summed E-state index contributed by atoms with van der Waals surface area (Å²) >= 11 is 1.86. The van der Waals surface area contributed by atoms with Gasteiger partial charge in [-0.2, -0.15) is 0 Å². The van der Waals surface area contributed by atoms with E-state index >= 15 is 0 Å². The van der Waals surface area contributed by atoms with Crippen molar-refractivity contribution in [2.24, 2.45) is 5.92 Å². The molecule has 1 atom stereocenters. The van der Waals surface area contributed by atoms with Crippen LogP contribution in [0.4, 0.5) is 0 Å². The van der Waals surface area contributed by atoms with Crippen molar-refractivity contribution < 1.29 is 0 Å². The first-order valence-corrected chi connectivity index (χ1v) is 7.14. The summed E-state index contributed by atoms with van der Waals surface area (Å²) in [5.41, 5.74) is 0. The van der Waals surface area contributed by atoms with Gasteiger partial charge in [-0.15, -0.1) is 11.3 Å². The van der Waals surface area contributed by atoms with Gasteiger partial charge in [-0.25, -0.2) is 0 Å². The van der Waals surface area contributed by atoms with E-state index in [0.717, 1.165) is 12.5 Å². The summed E-state index contributed by atoms with van der Waals surface area (Å²) in [6.07, 6.45) is 4.12. The van der Waals surface area contributed by atoms with Crippen molar-refractivity contribution >= 4 is 11.3 Å². The molecule has 1 aromatic heterocycles. The van der Waals surface area contributed by atoms with Crippen LogP contribution >= 0.6 is 11.3 Å². The van der Waals surface area contributed by atoms with Gasteiger partial charge in [0.2, 0.25) is 0 Å². The summed E-state index contributed by atoms with van der Waals surface area (Å²) < 4.78 is 0. The molecule has 0 aliphatic carbocycles. The second-order valence-corrected chi connectivity index (χ2v) is 5.85. The van der Waals surface area contributed by atoms with E-state index in [4.69, 9.17) is 0 Å². The van der Waals surface area contributed by atoms with Crippen molar-refractivity contribution in [3.05, 3.63) is 22.4 Å². The number of nitrogens with zero attached hydrogens (tertiary/aromatic N) is 1. The number of nitrogens with one attached hydrogen (secondary N) is 1. The standard InChI is InChI=1S/C13H22N2S/c1-15(11-13-5-3-9-16-13)8-2-4-12-6-7-14-10-12/h3,5,9,12,14H,2,4,6-8,10-11H2,1H3. The Morgan fingerprint density at radius 3 is 3.19 bits per heavy atom. The minimum Gasteiger partial charge on any atom is -0.316 e. The highest BCUT2D eigenvalue weighted by atomic mass is 32.1. The van der Waals surface area contributed by atoms with E-state index < -0.39 is 0 Å². The molecule has 2 heterocycles. The molecule has 0 spiro atoms. The topological polar surface area (TPSA) is 15.3 Å². The Hall–Kier alpha value is -0.380. The minimum absolute atomic E-state index is 0.940. The molecule has 0 aromatic carbocycles. The molecule has 0 amide bonds. The lowest BCUT2D eigenvalue weighted by atomic mass is 10.0. The molecule has 2 nitrogen and oxygen atoms in total. The van der Waals surface area contributed by atoms with Crippen LogP contribution < -0.4 is 5.32 Å². The summed E-state index contributed by atoms with van der Waals surface area (Å²) in [5, 5.41) is 5.59. The molecular formula is C13H22N2S. The highest BCUT2D eigenvalue weighted by molar-refractivity contribution is 7.09. The van der Waals surface area contributed by atoms with Crippen LogP contribution in [0.2, 0.25) is 0 Å². The predicted molar refractivity (Wildman–Crippen MR) is 70.9 cm³/mol. The summed E-state index contributed by atoms with van der Waals surface area (Å²) in [5.74, 6) is 0.940. The third kappa shape index (κ3) is 3.89. The average molecular weight is 238 g/mol. The fourth-order valence-electron chi connectivity index (χ4n) is 2.36. The molecule has 90 valence electrons. The Kier molecular flexibility index (Phi) is 4.82. The van der Waals surface area contributed by atoms with Crippen LogP contribution in [-0.4, -0.2) is 31.6 Å². The molecule has 0 radical (unpaired) electrons. The Labute approximate surface area is 103 Å². The first-order chi connectivity index (χ1) is 7.84. The second kappa shape index (κ2) is 6.38. The summed E-state index contributed by atoms with van der Waals surface area (Å²) in [4.78, 5) is 3.92. The van der Waals surface area contributed by atoms with E-state index in [1.54, 1.807) is 0 Å². The molecule has 2 rings (SSSR count).